The molecule has 2 aliphatic heterocycles. The van der Waals surface area contributed by atoms with E-state index in [9.17, 15) is 14.4 Å². The normalized spacial score (nSPS) is 21.5. The SMILES string of the molecule is COCC(=O)N1CC[C@H](NC(=O)c2cc3cc(Cl)ccc3[nH]2)[C@H](NC(=O)c2nc3c(s2)CNC(C)C3)C1. The molecule has 2 aromatic heterocycles. The number of likely N-dealkylation sites (tertiary alicyclic amines) is 1. The third kappa shape index (κ3) is 5.64. The number of halogens is 1. The number of hydrogen-bond donors (Lipinski definition) is 4. The van der Waals surface area contributed by atoms with Gasteiger partial charge in [-0.2, -0.15) is 0 Å². The number of aromatic amines is 1. The molecule has 0 bridgehead atoms. The standard InChI is InChI=1S/C25H29ClN6O4S/c1-13-7-18-21(10-27-13)37-25(31-18)24(35)30-20-11-32(22(33)12-36-2)6-5-17(20)29-23(34)19-9-14-8-15(26)3-4-16(14)28-19/h3-4,8-9,13,17,20,27-28H,5-7,10-12H2,1-2H3,(H,29,34)(H,30,35)/t13?,17-,20+/m0/s1. The zero-order valence-electron chi connectivity index (χ0n) is 20.6. The van der Waals surface area contributed by atoms with Crippen LogP contribution < -0.4 is 16.0 Å². The predicted octanol–water partition coefficient (Wildman–Crippen LogP) is 2.09. The number of methoxy groups -OCH3 is 1. The first-order valence-electron chi connectivity index (χ1n) is 12.2. The highest BCUT2D eigenvalue weighted by atomic mass is 35.5. The number of carbonyl (C=O) groups excluding carboxylic acids is 3. The Morgan fingerprint density at radius 1 is 1.22 bits per heavy atom. The highest BCUT2D eigenvalue weighted by Crippen LogP contribution is 2.24. The largest absolute Gasteiger partial charge is 0.375 e. The van der Waals surface area contributed by atoms with Gasteiger partial charge in [-0.05, 0) is 37.6 Å². The maximum Gasteiger partial charge on any atom is 0.280 e. The number of thiazole rings is 1. The van der Waals surface area contributed by atoms with Crippen LogP contribution >= 0.6 is 22.9 Å². The summed E-state index contributed by atoms with van der Waals surface area (Å²) in [6.45, 7) is 3.44. The second kappa shape index (κ2) is 10.8. The lowest BCUT2D eigenvalue weighted by atomic mass is 9.98. The second-order valence-electron chi connectivity index (χ2n) is 9.51. The zero-order chi connectivity index (χ0) is 26.1. The van der Waals surface area contributed by atoms with E-state index in [1.165, 1.54) is 18.4 Å². The van der Waals surface area contributed by atoms with Crippen LogP contribution in [0.5, 0.6) is 0 Å². The number of nitrogens with one attached hydrogen (secondary N) is 4. The lowest BCUT2D eigenvalue weighted by Gasteiger charge is -2.39. The third-order valence-electron chi connectivity index (χ3n) is 6.78. The molecule has 3 amide bonds. The number of fused-ring (bicyclic) bond motifs is 2. The molecule has 0 spiro atoms. The first-order valence-corrected chi connectivity index (χ1v) is 13.4. The van der Waals surface area contributed by atoms with E-state index < -0.39 is 6.04 Å². The third-order valence-corrected chi connectivity index (χ3v) is 8.11. The summed E-state index contributed by atoms with van der Waals surface area (Å²) in [4.78, 5) is 49.3. The lowest BCUT2D eigenvalue weighted by molar-refractivity contribution is -0.136. The molecule has 1 aromatic carbocycles. The molecule has 3 atom stereocenters. The number of hydrogen-bond acceptors (Lipinski definition) is 7. The summed E-state index contributed by atoms with van der Waals surface area (Å²) in [5.74, 6) is -0.764. The van der Waals surface area contributed by atoms with E-state index in [-0.39, 0.29) is 36.9 Å². The minimum Gasteiger partial charge on any atom is -0.375 e. The van der Waals surface area contributed by atoms with Crippen LogP contribution in [-0.4, -0.2) is 77.5 Å². The summed E-state index contributed by atoms with van der Waals surface area (Å²) in [5.41, 5.74) is 2.15. The fraction of sp³-hybridized carbons (Fsp3) is 0.440. The quantitative estimate of drug-likeness (QED) is 0.376. The van der Waals surface area contributed by atoms with Crippen LogP contribution in [0.2, 0.25) is 5.02 Å². The van der Waals surface area contributed by atoms with Gasteiger partial charge in [-0.15, -0.1) is 11.3 Å². The van der Waals surface area contributed by atoms with Gasteiger partial charge in [0.1, 0.15) is 12.3 Å². The summed E-state index contributed by atoms with van der Waals surface area (Å²) in [6.07, 6.45) is 1.25. The molecule has 3 aromatic rings. The average molecular weight is 545 g/mol. The van der Waals surface area contributed by atoms with E-state index in [1.54, 1.807) is 23.1 Å². The Labute approximate surface area is 223 Å². The van der Waals surface area contributed by atoms with E-state index in [0.717, 1.165) is 27.9 Å². The maximum atomic E-state index is 13.2. The maximum absolute atomic E-state index is 13.2. The van der Waals surface area contributed by atoms with Gasteiger partial charge < -0.3 is 30.6 Å². The van der Waals surface area contributed by atoms with E-state index in [1.807, 2.05) is 6.07 Å². The Balaban J connectivity index is 1.33. The molecule has 37 heavy (non-hydrogen) atoms. The average Bonchev–Trinajstić information content (AvgIpc) is 3.49. The molecule has 1 saturated heterocycles. The van der Waals surface area contributed by atoms with Crippen molar-refractivity contribution in [2.75, 3.05) is 26.8 Å². The van der Waals surface area contributed by atoms with Crippen molar-refractivity contribution in [2.45, 2.75) is 44.4 Å². The van der Waals surface area contributed by atoms with Gasteiger partial charge in [0.25, 0.3) is 11.8 Å². The molecule has 0 saturated carbocycles. The van der Waals surface area contributed by atoms with E-state index >= 15 is 0 Å². The molecule has 4 N–H and O–H groups in total. The summed E-state index contributed by atoms with van der Waals surface area (Å²) in [5, 5.41) is 11.3. The summed E-state index contributed by atoms with van der Waals surface area (Å²) >= 11 is 7.46. The van der Waals surface area contributed by atoms with Crippen molar-refractivity contribution in [3.05, 3.63) is 50.6 Å². The molecule has 1 fully saturated rings. The van der Waals surface area contributed by atoms with Gasteiger partial charge in [0, 0.05) is 60.0 Å². The summed E-state index contributed by atoms with van der Waals surface area (Å²) in [7, 11) is 1.47. The first kappa shape index (κ1) is 25.7. The molecule has 196 valence electrons. The van der Waals surface area contributed by atoms with Crippen LogP contribution in [0.4, 0.5) is 0 Å². The van der Waals surface area contributed by atoms with Crippen molar-refractivity contribution in [3.8, 4) is 0 Å². The number of nitrogens with zero attached hydrogens (tertiary/aromatic N) is 2. The van der Waals surface area contributed by atoms with Gasteiger partial charge in [-0.1, -0.05) is 11.6 Å². The number of amides is 3. The van der Waals surface area contributed by atoms with Crippen molar-refractivity contribution >= 4 is 51.6 Å². The smallest absolute Gasteiger partial charge is 0.280 e. The van der Waals surface area contributed by atoms with Crippen LogP contribution in [0.1, 0.15) is 44.2 Å². The Bertz CT molecular complexity index is 1340. The van der Waals surface area contributed by atoms with Crippen molar-refractivity contribution in [3.63, 3.8) is 0 Å². The minimum absolute atomic E-state index is 0.0420. The Hall–Kier alpha value is -2.99. The summed E-state index contributed by atoms with van der Waals surface area (Å²) in [6, 6.07) is 6.55. The molecule has 0 radical (unpaired) electrons. The Morgan fingerprint density at radius 3 is 2.84 bits per heavy atom. The van der Waals surface area contributed by atoms with Crippen LogP contribution in [0.15, 0.2) is 24.3 Å². The topological polar surface area (TPSA) is 128 Å². The molecule has 5 rings (SSSR count). The second-order valence-corrected chi connectivity index (χ2v) is 11.0. The number of carbonyl (C=O) groups is 3. The van der Waals surface area contributed by atoms with E-state index in [0.29, 0.717) is 41.3 Å². The van der Waals surface area contributed by atoms with E-state index in [2.05, 4.69) is 32.8 Å². The van der Waals surface area contributed by atoms with Gasteiger partial charge >= 0.3 is 0 Å². The van der Waals surface area contributed by atoms with Crippen LogP contribution in [0.25, 0.3) is 10.9 Å². The molecule has 10 nitrogen and oxygen atoms in total. The van der Waals surface area contributed by atoms with E-state index in [4.69, 9.17) is 16.3 Å². The van der Waals surface area contributed by atoms with Gasteiger partial charge in [0.15, 0.2) is 5.01 Å². The van der Waals surface area contributed by atoms with Gasteiger partial charge in [-0.25, -0.2) is 4.98 Å². The van der Waals surface area contributed by atoms with Crippen molar-refractivity contribution in [2.24, 2.45) is 0 Å². The molecule has 0 aliphatic carbocycles. The highest BCUT2D eigenvalue weighted by Gasteiger charge is 2.35. The Kier molecular flexibility index (Phi) is 7.47. The number of aromatic nitrogens is 2. The fourth-order valence-corrected chi connectivity index (χ4v) is 5.95. The number of H-pyrrole nitrogens is 1. The van der Waals surface area contributed by atoms with Gasteiger partial charge in [-0.3, -0.25) is 14.4 Å². The molecule has 12 heteroatoms. The summed E-state index contributed by atoms with van der Waals surface area (Å²) < 4.78 is 5.01. The van der Waals surface area contributed by atoms with Crippen LogP contribution in [0.3, 0.4) is 0 Å². The van der Waals surface area contributed by atoms with Crippen LogP contribution in [0, 0.1) is 0 Å². The number of rotatable bonds is 6. The van der Waals surface area contributed by atoms with Gasteiger partial charge in [0.05, 0.1) is 17.8 Å². The highest BCUT2D eigenvalue weighted by molar-refractivity contribution is 7.13. The number of ether oxygens (including phenoxy) is 1. The van der Waals surface area contributed by atoms with Crippen LogP contribution in [-0.2, 0) is 22.5 Å². The van der Waals surface area contributed by atoms with Crippen molar-refractivity contribution < 1.29 is 19.1 Å². The number of piperidine rings is 1. The predicted molar refractivity (Wildman–Crippen MR) is 141 cm³/mol. The number of benzene rings is 1. The Morgan fingerprint density at radius 2 is 2.03 bits per heavy atom. The molecule has 4 heterocycles. The molecular formula is C25H29ClN6O4S. The molecular weight excluding hydrogens is 516 g/mol. The fourth-order valence-electron chi connectivity index (χ4n) is 4.82. The van der Waals surface area contributed by atoms with Crippen molar-refractivity contribution in [1.82, 2.24) is 30.8 Å². The zero-order valence-corrected chi connectivity index (χ0v) is 22.2. The van der Waals surface area contributed by atoms with Crippen molar-refractivity contribution in [1.29, 1.82) is 0 Å². The van der Waals surface area contributed by atoms with Gasteiger partial charge in [0.2, 0.25) is 5.91 Å². The monoisotopic (exact) mass is 544 g/mol. The minimum atomic E-state index is -0.497. The molecule has 1 unspecified atom stereocenters. The molecule has 2 aliphatic rings. The first-order chi connectivity index (χ1) is 17.8. The lowest BCUT2D eigenvalue weighted by Crippen LogP contribution is -2.61.